The largest absolute Gasteiger partial charge is 0.336 e. The molecule has 1 fully saturated rings. The molecule has 1 N–H and O–H groups in total. The number of amides is 1. The molecule has 0 bridgehead atoms. The van der Waals surface area contributed by atoms with Gasteiger partial charge in [0.2, 0.25) is 5.91 Å². The van der Waals surface area contributed by atoms with Gasteiger partial charge in [0.25, 0.3) is 10.0 Å². The van der Waals surface area contributed by atoms with Crippen LogP contribution in [-0.2, 0) is 27.8 Å². The van der Waals surface area contributed by atoms with Gasteiger partial charge in [-0.25, -0.2) is 13.4 Å². The Kier molecular flexibility index (Phi) is 5.96. The summed E-state index contributed by atoms with van der Waals surface area (Å²) in [4.78, 5) is 16.7. The number of sulfonamides is 1. The summed E-state index contributed by atoms with van der Waals surface area (Å²) in [5.41, 5.74) is 1.90. The van der Waals surface area contributed by atoms with Crippen molar-refractivity contribution in [1.29, 1.82) is 0 Å². The molecule has 0 unspecified atom stereocenters. The third kappa shape index (κ3) is 4.39. The minimum absolute atomic E-state index is 0.0426. The molecular weight excluding hydrogens is 364 g/mol. The molecule has 3 rings (SSSR count). The Balaban J connectivity index is 1.70. The zero-order valence-corrected chi connectivity index (χ0v) is 16.6. The highest BCUT2D eigenvalue weighted by Crippen LogP contribution is 2.24. The fourth-order valence-corrected chi connectivity index (χ4v) is 4.73. The number of anilines is 1. The fourth-order valence-electron chi connectivity index (χ4n) is 3.27. The van der Waals surface area contributed by atoms with Crippen molar-refractivity contribution >= 4 is 21.6 Å². The van der Waals surface area contributed by atoms with Gasteiger partial charge in [-0.2, -0.15) is 4.31 Å². The number of hydrogen-bond donors (Lipinski definition) is 1. The van der Waals surface area contributed by atoms with E-state index < -0.39 is 10.0 Å². The Bertz CT molecular complexity index is 907. The molecule has 0 aliphatic carbocycles. The molecule has 8 heteroatoms. The van der Waals surface area contributed by atoms with Gasteiger partial charge >= 0.3 is 0 Å². The normalized spacial score (nSPS) is 18.4. The molecule has 146 valence electrons. The van der Waals surface area contributed by atoms with Crippen molar-refractivity contribution in [3.63, 3.8) is 0 Å². The van der Waals surface area contributed by atoms with Crippen molar-refractivity contribution in [2.24, 2.45) is 5.92 Å². The van der Waals surface area contributed by atoms with Crippen LogP contribution in [0.15, 0.2) is 41.8 Å². The second-order valence-corrected chi connectivity index (χ2v) is 8.67. The number of rotatable bonds is 6. The highest BCUT2D eigenvalue weighted by atomic mass is 32.2. The number of aromatic nitrogens is 2. The number of benzene rings is 1. The van der Waals surface area contributed by atoms with E-state index in [0.717, 1.165) is 17.7 Å². The summed E-state index contributed by atoms with van der Waals surface area (Å²) in [6, 6.07) is 7.73. The molecule has 1 atom stereocenters. The van der Waals surface area contributed by atoms with Gasteiger partial charge in [0.15, 0.2) is 5.03 Å². The summed E-state index contributed by atoms with van der Waals surface area (Å²) in [5.74, 6) is -0.505. The van der Waals surface area contributed by atoms with Gasteiger partial charge in [0.05, 0.1) is 12.2 Å². The average molecular weight is 391 g/mol. The molecule has 2 heterocycles. The van der Waals surface area contributed by atoms with Crippen molar-refractivity contribution in [2.75, 3.05) is 18.4 Å². The number of piperidine rings is 1. The van der Waals surface area contributed by atoms with Crippen molar-refractivity contribution < 1.29 is 13.2 Å². The van der Waals surface area contributed by atoms with Crippen LogP contribution >= 0.6 is 0 Å². The zero-order valence-electron chi connectivity index (χ0n) is 15.8. The van der Waals surface area contributed by atoms with E-state index in [-0.39, 0.29) is 23.4 Å². The summed E-state index contributed by atoms with van der Waals surface area (Å²) in [7, 11) is -3.68. The Morgan fingerprint density at radius 3 is 2.85 bits per heavy atom. The van der Waals surface area contributed by atoms with Gasteiger partial charge in [0, 0.05) is 31.5 Å². The molecule has 1 aromatic carbocycles. The number of nitrogens with one attached hydrogen (secondary N) is 1. The molecule has 7 nitrogen and oxygen atoms in total. The topological polar surface area (TPSA) is 84.3 Å². The van der Waals surface area contributed by atoms with Gasteiger partial charge < -0.3 is 9.88 Å². The van der Waals surface area contributed by atoms with Gasteiger partial charge in [-0.3, -0.25) is 4.79 Å². The molecule has 2 aromatic rings. The second-order valence-electron chi connectivity index (χ2n) is 6.79. The molecule has 1 saturated heterocycles. The van der Waals surface area contributed by atoms with Crippen LogP contribution in [0.2, 0.25) is 0 Å². The van der Waals surface area contributed by atoms with Gasteiger partial charge in [-0.1, -0.05) is 19.1 Å². The number of imidazole rings is 1. The lowest BCUT2D eigenvalue weighted by Crippen LogP contribution is -2.43. The quantitative estimate of drug-likeness (QED) is 0.821. The van der Waals surface area contributed by atoms with E-state index in [1.165, 1.54) is 16.8 Å². The van der Waals surface area contributed by atoms with Crippen LogP contribution in [0.3, 0.4) is 0 Å². The molecular formula is C19H26N4O3S. The molecule has 1 aromatic heterocycles. The van der Waals surface area contributed by atoms with Gasteiger partial charge in [-0.05, 0) is 43.9 Å². The van der Waals surface area contributed by atoms with E-state index in [0.29, 0.717) is 25.9 Å². The average Bonchev–Trinajstić information content (AvgIpc) is 3.18. The van der Waals surface area contributed by atoms with Crippen molar-refractivity contribution in [3.05, 3.63) is 42.4 Å². The fraction of sp³-hybridized carbons (Fsp3) is 0.474. The molecule has 1 aliphatic rings. The highest BCUT2D eigenvalue weighted by Gasteiger charge is 2.34. The lowest BCUT2D eigenvalue weighted by atomic mass is 9.98. The van der Waals surface area contributed by atoms with Crippen molar-refractivity contribution in [1.82, 2.24) is 13.9 Å². The molecule has 0 spiro atoms. The summed E-state index contributed by atoms with van der Waals surface area (Å²) in [6.45, 7) is 5.24. The minimum atomic E-state index is -3.68. The maximum atomic E-state index is 12.8. The Morgan fingerprint density at radius 1 is 1.33 bits per heavy atom. The number of hydrogen-bond acceptors (Lipinski definition) is 4. The molecule has 1 amide bonds. The molecule has 0 radical (unpaired) electrons. The van der Waals surface area contributed by atoms with Gasteiger partial charge in [-0.15, -0.1) is 0 Å². The smallest absolute Gasteiger partial charge is 0.262 e. The van der Waals surface area contributed by atoms with E-state index in [9.17, 15) is 13.2 Å². The standard InChI is InChI=1S/C19H26N4O3S/c1-3-15-7-5-9-17(11-15)21-19(24)16-8-6-10-23(12-16)27(25,26)18-13-22(4-2)14-20-18/h5,7,9,11,13-14,16H,3-4,6,8,10,12H2,1-2H3,(H,21,24)/t16-/m0/s1. The molecule has 1 aliphatic heterocycles. The highest BCUT2D eigenvalue weighted by molar-refractivity contribution is 7.89. The third-order valence-corrected chi connectivity index (χ3v) is 6.69. The first kappa shape index (κ1) is 19.6. The van der Waals surface area contributed by atoms with E-state index >= 15 is 0 Å². The lowest BCUT2D eigenvalue weighted by molar-refractivity contribution is -0.120. The molecule has 27 heavy (non-hydrogen) atoms. The number of carbonyl (C=O) groups is 1. The Hall–Kier alpha value is -2.19. The summed E-state index contributed by atoms with van der Waals surface area (Å²) in [6.07, 6.45) is 5.27. The molecule has 0 saturated carbocycles. The van der Waals surface area contributed by atoms with Crippen molar-refractivity contribution in [3.8, 4) is 0 Å². The SMILES string of the molecule is CCc1cccc(NC(=O)[C@H]2CCCN(S(=O)(=O)c3cn(CC)cn3)C2)c1. The predicted octanol–water partition coefficient (Wildman–Crippen LogP) is 2.50. The zero-order chi connectivity index (χ0) is 19.4. The lowest BCUT2D eigenvalue weighted by Gasteiger charge is -2.30. The monoisotopic (exact) mass is 390 g/mol. The number of nitrogens with zero attached hydrogens (tertiary/aromatic N) is 3. The van der Waals surface area contributed by atoms with E-state index in [4.69, 9.17) is 0 Å². The van der Waals surface area contributed by atoms with Crippen LogP contribution in [0.5, 0.6) is 0 Å². The van der Waals surface area contributed by atoms with Crippen LogP contribution in [-0.4, -0.2) is 41.3 Å². The summed E-state index contributed by atoms with van der Waals surface area (Å²) < 4.78 is 28.8. The third-order valence-electron chi connectivity index (χ3n) is 4.94. The summed E-state index contributed by atoms with van der Waals surface area (Å²) >= 11 is 0. The first-order chi connectivity index (χ1) is 12.9. The van der Waals surface area contributed by atoms with Gasteiger partial charge in [0.1, 0.15) is 0 Å². The summed E-state index contributed by atoms with van der Waals surface area (Å²) in [5, 5.41) is 2.97. The van der Waals surface area contributed by atoms with Crippen LogP contribution in [0.1, 0.15) is 32.3 Å². The van der Waals surface area contributed by atoms with Crippen LogP contribution < -0.4 is 5.32 Å². The van der Waals surface area contributed by atoms with E-state index in [1.54, 1.807) is 4.57 Å². The predicted molar refractivity (Wildman–Crippen MR) is 104 cm³/mol. The Morgan fingerprint density at radius 2 is 2.15 bits per heavy atom. The first-order valence-corrected chi connectivity index (χ1v) is 10.8. The minimum Gasteiger partial charge on any atom is -0.336 e. The van der Waals surface area contributed by atoms with Crippen LogP contribution in [0.4, 0.5) is 5.69 Å². The van der Waals surface area contributed by atoms with Crippen LogP contribution in [0, 0.1) is 5.92 Å². The van der Waals surface area contributed by atoms with Crippen LogP contribution in [0.25, 0.3) is 0 Å². The maximum Gasteiger partial charge on any atom is 0.262 e. The van der Waals surface area contributed by atoms with E-state index in [2.05, 4.69) is 17.2 Å². The second kappa shape index (κ2) is 8.22. The number of aryl methyl sites for hydroxylation is 2. The van der Waals surface area contributed by atoms with E-state index in [1.807, 2.05) is 31.2 Å². The number of carbonyl (C=O) groups excluding carboxylic acids is 1. The van der Waals surface area contributed by atoms with Crippen molar-refractivity contribution in [2.45, 2.75) is 44.7 Å². The maximum absolute atomic E-state index is 12.8. The first-order valence-electron chi connectivity index (χ1n) is 9.35. The Labute approximate surface area is 160 Å².